The van der Waals surface area contributed by atoms with Crippen LogP contribution >= 0.6 is 0 Å². The van der Waals surface area contributed by atoms with Crippen molar-refractivity contribution in [2.45, 2.75) is 57.3 Å². The fourth-order valence-electron chi connectivity index (χ4n) is 4.85. The van der Waals surface area contributed by atoms with Crippen molar-refractivity contribution in [3.8, 4) is 5.75 Å². The van der Waals surface area contributed by atoms with E-state index < -0.39 is 15.1 Å². The molecule has 1 fully saturated rings. The molecule has 2 heterocycles. The number of benzene rings is 2. The molecule has 2 aromatic carbocycles. The molecule has 5 heteroatoms. The molecule has 1 saturated heterocycles. The van der Waals surface area contributed by atoms with Gasteiger partial charge in [0.2, 0.25) is 0 Å². The number of phenolic OH excluding ortho intramolecular Hbond substituents is 1. The summed E-state index contributed by atoms with van der Waals surface area (Å²) in [5, 5.41) is 11.6. The maximum atomic E-state index is 12.5. The third kappa shape index (κ3) is 3.93. The molecule has 2 aliphatic heterocycles. The Bertz CT molecular complexity index is 1110. The molecule has 2 aromatic rings. The third-order valence-corrected chi connectivity index (χ3v) is 8.40. The molecule has 0 aliphatic carbocycles. The maximum absolute atomic E-state index is 12.5. The second kappa shape index (κ2) is 8.56. The highest BCUT2D eigenvalue weighted by atomic mass is 32.2. The first-order valence-electron chi connectivity index (χ1n) is 10.9. The second-order valence-electron chi connectivity index (χ2n) is 8.34. The smallest absolute Gasteiger partial charge is 0.163 e. The molecule has 0 radical (unpaired) electrons. The molecule has 30 heavy (non-hydrogen) atoms. The molecule has 0 saturated carbocycles. The van der Waals surface area contributed by atoms with Crippen LogP contribution in [0.15, 0.2) is 53.1 Å². The van der Waals surface area contributed by atoms with E-state index in [1.54, 1.807) is 6.07 Å². The SMILES string of the molecule is CCCC1=C2[C@@H](CC/C(=C/c3ccc(O)c4ccccc34)CC)OC[C@@H]2S(=O)(=O)C1. The number of rotatable bonds is 7. The normalized spacial score (nSPS) is 23.3. The van der Waals surface area contributed by atoms with E-state index >= 15 is 0 Å². The minimum Gasteiger partial charge on any atom is -0.507 e. The van der Waals surface area contributed by atoms with Gasteiger partial charge in [-0.1, -0.05) is 67.8 Å². The molecule has 4 nitrogen and oxygen atoms in total. The summed E-state index contributed by atoms with van der Waals surface area (Å²) in [6.45, 7) is 4.55. The lowest BCUT2D eigenvalue weighted by atomic mass is 9.93. The first-order valence-corrected chi connectivity index (χ1v) is 12.6. The highest BCUT2D eigenvalue weighted by Crippen LogP contribution is 2.40. The van der Waals surface area contributed by atoms with Crippen molar-refractivity contribution in [2.24, 2.45) is 0 Å². The highest BCUT2D eigenvalue weighted by Gasteiger charge is 2.46. The van der Waals surface area contributed by atoms with E-state index in [9.17, 15) is 13.5 Å². The molecule has 1 N–H and O–H groups in total. The predicted octanol–water partition coefficient (Wildman–Crippen LogP) is 5.41. The van der Waals surface area contributed by atoms with Gasteiger partial charge in [-0.2, -0.15) is 0 Å². The number of hydrogen-bond acceptors (Lipinski definition) is 4. The molecular weight excluding hydrogens is 396 g/mol. The average molecular weight is 427 g/mol. The van der Waals surface area contributed by atoms with Gasteiger partial charge in [-0.15, -0.1) is 0 Å². The van der Waals surface area contributed by atoms with Gasteiger partial charge < -0.3 is 9.84 Å². The van der Waals surface area contributed by atoms with Gasteiger partial charge in [0.05, 0.1) is 18.5 Å². The Morgan fingerprint density at radius 3 is 2.67 bits per heavy atom. The van der Waals surface area contributed by atoms with E-state index in [1.807, 2.05) is 30.3 Å². The van der Waals surface area contributed by atoms with Crippen LogP contribution in [0, 0.1) is 0 Å². The summed E-state index contributed by atoms with van der Waals surface area (Å²) in [4.78, 5) is 0. The molecular formula is C25H30O4S. The Labute approximate surface area is 179 Å². The van der Waals surface area contributed by atoms with Gasteiger partial charge >= 0.3 is 0 Å². The van der Waals surface area contributed by atoms with Crippen LogP contribution in [0.3, 0.4) is 0 Å². The van der Waals surface area contributed by atoms with Gasteiger partial charge in [0.15, 0.2) is 9.84 Å². The first kappa shape index (κ1) is 21.1. The fraction of sp³-hybridized carbons (Fsp3) is 0.440. The zero-order valence-electron chi connectivity index (χ0n) is 17.7. The molecule has 0 spiro atoms. The Kier molecular flexibility index (Phi) is 6.03. The number of fused-ring (bicyclic) bond motifs is 2. The van der Waals surface area contributed by atoms with Crippen molar-refractivity contribution in [1.82, 2.24) is 0 Å². The van der Waals surface area contributed by atoms with E-state index in [2.05, 4.69) is 19.9 Å². The van der Waals surface area contributed by atoms with Gasteiger partial charge in [0.25, 0.3) is 0 Å². The largest absolute Gasteiger partial charge is 0.507 e. The lowest BCUT2D eigenvalue weighted by Gasteiger charge is -2.15. The monoisotopic (exact) mass is 426 g/mol. The van der Waals surface area contributed by atoms with Crippen LogP contribution in [0.5, 0.6) is 5.75 Å². The van der Waals surface area contributed by atoms with Crippen molar-refractivity contribution in [1.29, 1.82) is 0 Å². The van der Waals surface area contributed by atoms with E-state index in [1.165, 1.54) is 5.57 Å². The van der Waals surface area contributed by atoms with Crippen molar-refractivity contribution >= 4 is 26.7 Å². The Balaban J connectivity index is 1.56. The number of sulfone groups is 1. The van der Waals surface area contributed by atoms with Crippen LogP contribution in [0.2, 0.25) is 0 Å². The van der Waals surface area contributed by atoms with Crippen molar-refractivity contribution in [3.05, 3.63) is 58.7 Å². The van der Waals surface area contributed by atoms with Crippen LogP contribution in [-0.4, -0.2) is 37.2 Å². The summed E-state index contributed by atoms with van der Waals surface area (Å²) in [6.07, 6.45) is 6.53. The van der Waals surface area contributed by atoms with Crippen molar-refractivity contribution < 1.29 is 18.3 Å². The van der Waals surface area contributed by atoms with Gasteiger partial charge in [-0.3, -0.25) is 0 Å². The number of allylic oxidation sites excluding steroid dienone is 1. The summed E-state index contributed by atoms with van der Waals surface area (Å²) in [5.41, 5.74) is 4.55. The molecule has 4 rings (SSSR count). The molecule has 2 aliphatic rings. The maximum Gasteiger partial charge on any atom is 0.163 e. The highest BCUT2D eigenvalue weighted by molar-refractivity contribution is 7.92. The fourth-order valence-corrected chi connectivity index (χ4v) is 6.84. The minimum atomic E-state index is -3.09. The number of hydrogen-bond donors (Lipinski definition) is 1. The van der Waals surface area contributed by atoms with Crippen LogP contribution in [0.25, 0.3) is 16.8 Å². The van der Waals surface area contributed by atoms with Crippen LogP contribution in [0.1, 0.15) is 51.5 Å². The van der Waals surface area contributed by atoms with Crippen LogP contribution in [-0.2, 0) is 14.6 Å². The zero-order chi connectivity index (χ0) is 21.3. The summed E-state index contributed by atoms with van der Waals surface area (Å²) < 4.78 is 31.0. The van der Waals surface area contributed by atoms with Crippen LogP contribution < -0.4 is 0 Å². The van der Waals surface area contributed by atoms with E-state index in [4.69, 9.17) is 4.74 Å². The zero-order valence-corrected chi connectivity index (χ0v) is 18.5. The first-order chi connectivity index (χ1) is 14.4. The summed E-state index contributed by atoms with van der Waals surface area (Å²) in [6, 6.07) is 11.6. The minimum absolute atomic E-state index is 0.0830. The average Bonchev–Trinajstić information content (AvgIpc) is 3.27. The van der Waals surface area contributed by atoms with E-state index in [0.29, 0.717) is 12.4 Å². The molecule has 0 aromatic heterocycles. The topological polar surface area (TPSA) is 63.6 Å². The quantitative estimate of drug-likeness (QED) is 0.601. The third-order valence-electron chi connectivity index (χ3n) is 6.39. The summed E-state index contributed by atoms with van der Waals surface area (Å²) >= 11 is 0. The number of ether oxygens (including phenoxy) is 1. The van der Waals surface area contributed by atoms with Crippen LogP contribution in [0.4, 0.5) is 0 Å². The standard InChI is InChI=1S/C25H30O4S/c1-3-7-19-16-30(27,28)24-15-29-23(25(19)24)13-10-17(4-2)14-18-11-12-22(26)21-9-6-5-8-20(18)21/h5-6,8-9,11-12,14,23-24,26H,3-4,7,10,13,15-16H2,1-2H3/b17-14+/t23-,24+/m1/s1. The van der Waals surface area contributed by atoms with Crippen molar-refractivity contribution in [3.63, 3.8) is 0 Å². The molecule has 0 amide bonds. The van der Waals surface area contributed by atoms with Gasteiger partial charge in [-0.25, -0.2) is 8.42 Å². The Hall–Kier alpha value is -2.11. The summed E-state index contributed by atoms with van der Waals surface area (Å²) in [5.74, 6) is 0.514. The molecule has 0 unspecified atom stereocenters. The molecule has 2 atom stereocenters. The lowest BCUT2D eigenvalue weighted by Crippen LogP contribution is -2.19. The number of phenols is 1. The number of aromatic hydroxyl groups is 1. The Morgan fingerprint density at radius 1 is 1.17 bits per heavy atom. The second-order valence-corrected chi connectivity index (χ2v) is 10.5. The van der Waals surface area contributed by atoms with Gasteiger partial charge in [0, 0.05) is 5.39 Å². The molecule has 160 valence electrons. The van der Waals surface area contributed by atoms with E-state index in [0.717, 1.165) is 59.6 Å². The Morgan fingerprint density at radius 2 is 1.93 bits per heavy atom. The summed E-state index contributed by atoms with van der Waals surface area (Å²) in [7, 11) is -3.09. The predicted molar refractivity (Wildman–Crippen MR) is 122 cm³/mol. The van der Waals surface area contributed by atoms with E-state index in [-0.39, 0.29) is 11.9 Å². The van der Waals surface area contributed by atoms with Gasteiger partial charge in [0.1, 0.15) is 11.0 Å². The van der Waals surface area contributed by atoms with Gasteiger partial charge in [-0.05, 0) is 48.3 Å². The lowest BCUT2D eigenvalue weighted by molar-refractivity contribution is 0.117. The molecule has 0 bridgehead atoms. The van der Waals surface area contributed by atoms with Crippen molar-refractivity contribution in [2.75, 3.05) is 12.4 Å².